The Labute approximate surface area is 93.5 Å². The number of furan rings is 1. The lowest BCUT2D eigenvalue weighted by molar-refractivity contribution is 0.490. The number of hydrogen-bond donors (Lipinski definition) is 1. The Balaban J connectivity index is 2.12. The van der Waals surface area contributed by atoms with Gasteiger partial charge in [-0.2, -0.15) is 5.26 Å². The number of rotatable bonds is 3. The summed E-state index contributed by atoms with van der Waals surface area (Å²) in [6.45, 7) is 1.97. The van der Waals surface area contributed by atoms with Crippen molar-refractivity contribution in [3.05, 3.63) is 48.0 Å². The molecular formula is C12H11N3O. The third-order valence-corrected chi connectivity index (χ3v) is 2.22. The molecule has 0 radical (unpaired) electrons. The highest BCUT2D eigenvalue weighted by Crippen LogP contribution is 2.18. The molecule has 1 atom stereocenters. The second-order valence-corrected chi connectivity index (χ2v) is 3.42. The Hall–Kier alpha value is -2.28. The largest absolute Gasteiger partial charge is 0.467 e. The molecule has 1 unspecified atom stereocenters. The van der Waals surface area contributed by atoms with Gasteiger partial charge in [-0.25, -0.2) is 4.98 Å². The molecule has 0 saturated heterocycles. The minimum absolute atomic E-state index is 0.0245. The van der Waals surface area contributed by atoms with E-state index in [9.17, 15) is 0 Å². The van der Waals surface area contributed by atoms with E-state index in [0.717, 1.165) is 5.76 Å². The maximum atomic E-state index is 8.76. The van der Waals surface area contributed by atoms with Gasteiger partial charge in [0.15, 0.2) is 0 Å². The zero-order valence-corrected chi connectivity index (χ0v) is 8.84. The van der Waals surface area contributed by atoms with Gasteiger partial charge in [-0.1, -0.05) is 0 Å². The Morgan fingerprint density at radius 3 is 3.06 bits per heavy atom. The fourth-order valence-corrected chi connectivity index (χ4v) is 1.41. The number of anilines is 1. The van der Waals surface area contributed by atoms with Crippen LogP contribution in [-0.2, 0) is 0 Å². The van der Waals surface area contributed by atoms with Crippen LogP contribution in [0.25, 0.3) is 0 Å². The lowest BCUT2D eigenvalue weighted by atomic mass is 10.2. The van der Waals surface area contributed by atoms with Crippen LogP contribution in [0.1, 0.15) is 24.3 Å². The molecule has 0 aliphatic heterocycles. The van der Waals surface area contributed by atoms with Gasteiger partial charge in [0.05, 0.1) is 23.9 Å². The van der Waals surface area contributed by atoms with Crippen LogP contribution in [0.5, 0.6) is 0 Å². The van der Waals surface area contributed by atoms with E-state index < -0.39 is 0 Å². The molecule has 80 valence electrons. The highest BCUT2D eigenvalue weighted by Gasteiger charge is 2.08. The molecule has 0 spiro atoms. The van der Waals surface area contributed by atoms with Crippen LogP contribution in [0.2, 0.25) is 0 Å². The van der Waals surface area contributed by atoms with Gasteiger partial charge < -0.3 is 9.73 Å². The predicted molar refractivity (Wildman–Crippen MR) is 59.7 cm³/mol. The van der Waals surface area contributed by atoms with Gasteiger partial charge in [0, 0.05) is 6.20 Å². The van der Waals surface area contributed by atoms with Gasteiger partial charge in [-0.05, 0) is 31.2 Å². The van der Waals surface area contributed by atoms with Crippen molar-refractivity contribution in [2.75, 3.05) is 5.32 Å². The summed E-state index contributed by atoms with van der Waals surface area (Å²) in [7, 11) is 0. The number of nitrogens with zero attached hydrogens (tertiary/aromatic N) is 2. The van der Waals surface area contributed by atoms with E-state index >= 15 is 0 Å². The molecule has 2 aromatic rings. The maximum Gasteiger partial charge on any atom is 0.127 e. The average molecular weight is 213 g/mol. The van der Waals surface area contributed by atoms with E-state index in [2.05, 4.69) is 16.4 Å². The summed E-state index contributed by atoms with van der Waals surface area (Å²) in [5.74, 6) is 1.51. The minimum atomic E-state index is 0.0245. The fourth-order valence-electron chi connectivity index (χ4n) is 1.41. The molecule has 0 aromatic carbocycles. The molecule has 0 bridgehead atoms. The molecule has 16 heavy (non-hydrogen) atoms. The molecule has 0 aliphatic carbocycles. The van der Waals surface area contributed by atoms with Crippen molar-refractivity contribution in [3.8, 4) is 6.07 Å². The quantitative estimate of drug-likeness (QED) is 0.851. The lowest BCUT2D eigenvalue weighted by Gasteiger charge is -2.11. The first-order valence-corrected chi connectivity index (χ1v) is 4.95. The smallest absolute Gasteiger partial charge is 0.127 e. The van der Waals surface area contributed by atoms with Gasteiger partial charge in [-0.3, -0.25) is 0 Å². The van der Waals surface area contributed by atoms with E-state index in [-0.39, 0.29) is 6.04 Å². The fraction of sp³-hybridized carbons (Fsp3) is 0.167. The van der Waals surface area contributed by atoms with Crippen LogP contribution < -0.4 is 5.32 Å². The number of nitrogens with one attached hydrogen (secondary N) is 1. The first-order chi connectivity index (χ1) is 7.79. The normalized spacial score (nSPS) is 11.8. The van der Waals surface area contributed by atoms with Crippen molar-refractivity contribution in [3.63, 3.8) is 0 Å². The first kappa shape index (κ1) is 10.2. The van der Waals surface area contributed by atoms with Crippen molar-refractivity contribution in [2.24, 2.45) is 0 Å². The summed E-state index contributed by atoms with van der Waals surface area (Å²) < 4.78 is 5.27. The summed E-state index contributed by atoms with van der Waals surface area (Å²) in [4.78, 5) is 4.13. The number of hydrogen-bond acceptors (Lipinski definition) is 4. The second-order valence-electron chi connectivity index (χ2n) is 3.42. The summed E-state index contributed by atoms with van der Waals surface area (Å²) in [5.41, 5.74) is 0.587. The van der Waals surface area contributed by atoms with Gasteiger partial charge in [-0.15, -0.1) is 0 Å². The zero-order chi connectivity index (χ0) is 11.4. The zero-order valence-electron chi connectivity index (χ0n) is 8.84. The Bertz CT molecular complexity index is 499. The molecule has 2 rings (SSSR count). The van der Waals surface area contributed by atoms with Crippen LogP contribution in [0.15, 0.2) is 41.1 Å². The topological polar surface area (TPSA) is 61.9 Å². The molecular weight excluding hydrogens is 202 g/mol. The maximum absolute atomic E-state index is 8.76. The summed E-state index contributed by atoms with van der Waals surface area (Å²) in [6, 6.07) is 9.21. The van der Waals surface area contributed by atoms with Crippen LogP contribution in [0.4, 0.5) is 5.82 Å². The molecule has 0 aliphatic rings. The van der Waals surface area contributed by atoms with Crippen molar-refractivity contribution in [1.82, 2.24) is 4.98 Å². The van der Waals surface area contributed by atoms with Crippen molar-refractivity contribution < 1.29 is 4.42 Å². The number of aromatic nitrogens is 1. The highest BCUT2D eigenvalue weighted by atomic mass is 16.3. The van der Waals surface area contributed by atoms with E-state index in [0.29, 0.717) is 11.4 Å². The van der Waals surface area contributed by atoms with Crippen molar-refractivity contribution in [2.45, 2.75) is 13.0 Å². The van der Waals surface area contributed by atoms with Gasteiger partial charge in [0.25, 0.3) is 0 Å². The standard InChI is InChI=1S/C12H11N3O/c1-9(11-3-2-6-16-11)15-12-7-10(8-13)4-5-14-12/h2-7,9H,1H3,(H,14,15). The van der Waals surface area contributed by atoms with Crippen LogP contribution in [-0.4, -0.2) is 4.98 Å². The highest BCUT2D eigenvalue weighted by molar-refractivity contribution is 5.43. The van der Waals surface area contributed by atoms with E-state index in [1.807, 2.05) is 19.1 Å². The third-order valence-electron chi connectivity index (χ3n) is 2.22. The third kappa shape index (κ3) is 2.20. The van der Waals surface area contributed by atoms with Gasteiger partial charge in [0.1, 0.15) is 11.6 Å². The van der Waals surface area contributed by atoms with E-state index in [4.69, 9.17) is 9.68 Å². The van der Waals surface area contributed by atoms with E-state index in [1.165, 1.54) is 0 Å². The molecule has 0 saturated carbocycles. The first-order valence-electron chi connectivity index (χ1n) is 4.95. The van der Waals surface area contributed by atoms with Crippen LogP contribution in [0.3, 0.4) is 0 Å². The second kappa shape index (κ2) is 4.49. The predicted octanol–water partition coefficient (Wildman–Crippen LogP) is 2.72. The Morgan fingerprint density at radius 1 is 1.50 bits per heavy atom. The summed E-state index contributed by atoms with van der Waals surface area (Å²) >= 11 is 0. The SMILES string of the molecule is CC(Nc1cc(C#N)ccn1)c1ccco1. The summed E-state index contributed by atoms with van der Waals surface area (Å²) in [5, 5.41) is 11.9. The summed E-state index contributed by atoms with van der Waals surface area (Å²) in [6.07, 6.45) is 3.24. The number of nitriles is 1. The average Bonchev–Trinajstić information content (AvgIpc) is 2.83. The monoisotopic (exact) mass is 213 g/mol. The Kier molecular flexibility index (Phi) is 2.88. The van der Waals surface area contributed by atoms with Crippen LogP contribution in [0, 0.1) is 11.3 Å². The molecule has 0 amide bonds. The molecule has 1 N–H and O–H groups in total. The molecule has 4 nitrogen and oxygen atoms in total. The number of pyridine rings is 1. The van der Waals surface area contributed by atoms with E-state index in [1.54, 1.807) is 24.6 Å². The minimum Gasteiger partial charge on any atom is -0.467 e. The molecule has 4 heteroatoms. The molecule has 0 fully saturated rings. The van der Waals surface area contributed by atoms with Crippen molar-refractivity contribution in [1.29, 1.82) is 5.26 Å². The van der Waals surface area contributed by atoms with Crippen molar-refractivity contribution >= 4 is 5.82 Å². The van der Waals surface area contributed by atoms with Gasteiger partial charge >= 0.3 is 0 Å². The van der Waals surface area contributed by atoms with Crippen LogP contribution >= 0.6 is 0 Å². The molecule has 2 heterocycles. The van der Waals surface area contributed by atoms with Gasteiger partial charge in [0.2, 0.25) is 0 Å². The lowest BCUT2D eigenvalue weighted by Crippen LogP contribution is -2.06. The molecule has 2 aromatic heterocycles. The Morgan fingerprint density at radius 2 is 2.38 bits per heavy atom.